The minimum absolute atomic E-state index is 0. The van der Waals surface area contributed by atoms with E-state index in [1.54, 1.807) is 18.1 Å². The zero-order chi connectivity index (χ0) is 15.8. The number of aliphatic imine (C=N–C) groups is 1. The van der Waals surface area contributed by atoms with Crippen molar-refractivity contribution in [3.05, 3.63) is 42.5 Å². The van der Waals surface area contributed by atoms with Crippen LogP contribution in [0.2, 0.25) is 0 Å². The summed E-state index contributed by atoms with van der Waals surface area (Å²) in [5.41, 5.74) is 2.19. The van der Waals surface area contributed by atoms with Crippen molar-refractivity contribution in [1.29, 1.82) is 0 Å². The number of rotatable bonds is 6. The molecule has 2 N–H and O–H groups in total. The molecule has 0 unspecified atom stereocenters. The van der Waals surface area contributed by atoms with Gasteiger partial charge in [-0.25, -0.2) is 9.67 Å². The monoisotopic (exact) mass is 428 g/mol. The highest BCUT2D eigenvalue weighted by Gasteiger charge is 2.01. The summed E-state index contributed by atoms with van der Waals surface area (Å²) in [5, 5.41) is 10.8. The average Bonchev–Trinajstić information content (AvgIpc) is 3.05. The maximum atomic E-state index is 4.23. The first-order chi connectivity index (χ1) is 10.7. The van der Waals surface area contributed by atoms with Crippen LogP contribution in [0.1, 0.15) is 25.8 Å². The lowest BCUT2D eigenvalue weighted by Gasteiger charge is -2.13. The van der Waals surface area contributed by atoms with Crippen molar-refractivity contribution in [2.24, 2.45) is 10.9 Å². The Morgan fingerprint density at radius 1 is 1.22 bits per heavy atom. The van der Waals surface area contributed by atoms with Crippen molar-refractivity contribution in [3.63, 3.8) is 0 Å². The fourth-order valence-electron chi connectivity index (χ4n) is 1.99. The van der Waals surface area contributed by atoms with E-state index in [4.69, 9.17) is 0 Å². The predicted molar refractivity (Wildman–Crippen MR) is 104 cm³/mol. The maximum Gasteiger partial charge on any atom is 0.191 e. The Hall–Kier alpha value is -1.64. The van der Waals surface area contributed by atoms with Crippen LogP contribution in [-0.2, 0) is 6.54 Å². The number of guanidine groups is 1. The largest absolute Gasteiger partial charge is 0.356 e. The van der Waals surface area contributed by atoms with Crippen LogP contribution in [0.25, 0.3) is 5.69 Å². The Kier molecular flexibility index (Phi) is 8.60. The van der Waals surface area contributed by atoms with Gasteiger partial charge in [0.1, 0.15) is 12.7 Å². The fraction of sp³-hybridized carbons (Fsp3) is 0.438. The van der Waals surface area contributed by atoms with Crippen LogP contribution in [0, 0.1) is 5.92 Å². The molecule has 0 radical (unpaired) electrons. The van der Waals surface area contributed by atoms with E-state index in [-0.39, 0.29) is 24.0 Å². The molecular weight excluding hydrogens is 403 g/mol. The van der Waals surface area contributed by atoms with Gasteiger partial charge in [0.2, 0.25) is 0 Å². The molecule has 6 nitrogen and oxygen atoms in total. The first-order valence-corrected chi connectivity index (χ1v) is 7.57. The molecule has 1 aromatic heterocycles. The molecule has 2 rings (SSSR count). The van der Waals surface area contributed by atoms with Gasteiger partial charge >= 0.3 is 0 Å². The highest BCUT2D eigenvalue weighted by molar-refractivity contribution is 14.0. The quantitative estimate of drug-likeness (QED) is 0.422. The Bertz CT molecular complexity index is 577. The smallest absolute Gasteiger partial charge is 0.191 e. The van der Waals surface area contributed by atoms with Crippen molar-refractivity contribution >= 4 is 29.9 Å². The van der Waals surface area contributed by atoms with Gasteiger partial charge in [-0.1, -0.05) is 26.0 Å². The molecule has 7 heteroatoms. The van der Waals surface area contributed by atoms with Crippen molar-refractivity contribution in [1.82, 2.24) is 25.4 Å². The topological polar surface area (TPSA) is 67.1 Å². The lowest BCUT2D eigenvalue weighted by Crippen LogP contribution is -2.37. The normalized spacial score (nSPS) is 11.2. The van der Waals surface area contributed by atoms with E-state index in [9.17, 15) is 0 Å². The zero-order valence-electron chi connectivity index (χ0n) is 13.9. The molecule has 0 fully saturated rings. The number of nitrogens with one attached hydrogen (secondary N) is 2. The number of nitrogens with zero attached hydrogens (tertiary/aromatic N) is 4. The van der Waals surface area contributed by atoms with Gasteiger partial charge in [-0.15, -0.1) is 24.0 Å². The van der Waals surface area contributed by atoms with E-state index in [2.05, 4.69) is 51.7 Å². The van der Waals surface area contributed by atoms with Crippen LogP contribution in [-0.4, -0.2) is 34.3 Å². The van der Waals surface area contributed by atoms with Crippen molar-refractivity contribution in [3.8, 4) is 5.69 Å². The summed E-state index contributed by atoms with van der Waals surface area (Å²) in [7, 11) is 1.79. The first kappa shape index (κ1) is 19.4. The molecule has 0 atom stereocenters. The highest BCUT2D eigenvalue weighted by Crippen LogP contribution is 2.07. The Labute approximate surface area is 154 Å². The van der Waals surface area contributed by atoms with Gasteiger partial charge in [-0.3, -0.25) is 4.99 Å². The molecule has 0 aliphatic rings. The average molecular weight is 428 g/mol. The number of hydrogen-bond acceptors (Lipinski definition) is 3. The van der Waals surface area contributed by atoms with E-state index >= 15 is 0 Å². The van der Waals surface area contributed by atoms with Crippen molar-refractivity contribution < 1.29 is 0 Å². The molecule has 0 saturated carbocycles. The van der Waals surface area contributed by atoms with Crippen LogP contribution >= 0.6 is 24.0 Å². The molecule has 126 valence electrons. The molecule has 23 heavy (non-hydrogen) atoms. The summed E-state index contributed by atoms with van der Waals surface area (Å²) in [6.45, 7) is 6.10. The van der Waals surface area contributed by atoms with Gasteiger partial charge < -0.3 is 10.6 Å². The second-order valence-electron chi connectivity index (χ2n) is 5.54. The van der Waals surface area contributed by atoms with Crippen LogP contribution < -0.4 is 10.6 Å². The Morgan fingerprint density at radius 3 is 2.52 bits per heavy atom. The summed E-state index contributed by atoms with van der Waals surface area (Å²) < 4.78 is 1.74. The minimum Gasteiger partial charge on any atom is -0.356 e. The van der Waals surface area contributed by atoms with Crippen LogP contribution in [0.15, 0.2) is 41.9 Å². The molecule has 0 saturated heterocycles. The van der Waals surface area contributed by atoms with Crippen LogP contribution in [0.4, 0.5) is 0 Å². The van der Waals surface area contributed by atoms with Gasteiger partial charge in [0.25, 0.3) is 0 Å². The van der Waals surface area contributed by atoms with Gasteiger partial charge in [0.05, 0.1) is 5.69 Å². The summed E-state index contributed by atoms with van der Waals surface area (Å²) in [6.07, 6.45) is 4.35. The van der Waals surface area contributed by atoms with Gasteiger partial charge in [0, 0.05) is 20.1 Å². The third-order valence-electron chi connectivity index (χ3n) is 3.32. The molecule has 2 aromatic rings. The summed E-state index contributed by atoms with van der Waals surface area (Å²) in [5.74, 6) is 1.52. The number of benzene rings is 1. The molecule has 0 bridgehead atoms. The van der Waals surface area contributed by atoms with E-state index in [1.807, 2.05) is 12.1 Å². The first-order valence-electron chi connectivity index (χ1n) is 7.57. The highest BCUT2D eigenvalue weighted by atomic mass is 127. The maximum absolute atomic E-state index is 4.23. The SMILES string of the molecule is CN=C(NCCC(C)C)NCc1ccc(-n2cncn2)cc1.I. The van der Waals surface area contributed by atoms with Gasteiger partial charge in [0.15, 0.2) is 5.96 Å². The minimum atomic E-state index is 0. The summed E-state index contributed by atoms with van der Waals surface area (Å²) in [6, 6.07) is 8.21. The third kappa shape index (κ3) is 6.55. The van der Waals surface area contributed by atoms with E-state index < -0.39 is 0 Å². The van der Waals surface area contributed by atoms with E-state index in [0.717, 1.165) is 31.2 Å². The standard InChI is InChI=1S/C16H24N6.HI/c1-13(2)8-9-19-16(17-3)20-10-14-4-6-15(7-5-14)22-12-18-11-21-22;/h4-7,11-13H,8-10H2,1-3H3,(H2,17,19,20);1H. The predicted octanol–water partition coefficient (Wildman–Crippen LogP) is 2.60. The lowest BCUT2D eigenvalue weighted by atomic mass is 10.1. The molecular formula is C16H25IN6. The van der Waals surface area contributed by atoms with Gasteiger partial charge in [-0.2, -0.15) is 5.10 Å². The summed E-state index contributed by atoms with van der Waals surface area (Å²) in [4.78, 5) is 8.18. The van der Waals surface area contributed by atoms with Gasteiger partial charge in [-0.05, 0) is 30.0 Å². The van der Waals surface area contributed by atoms with Crippen molar-refractivity contribution in [2.45, 2.75) is 26.8 Å². The fourth-order valence-corrected chi connectivity index (χ4v) is 1.99. The molecule has 1 heterocycles. The number of halogens is 1. The molecule has 0 amide bonds. The zero-order valence-corrected chi connectivity index (χ0v) is 16.2. The molecule has 0 aliphatic carbocycles. The molecule has 0 spiro atoms. The number of aromatic nitrogens is 3. The lowest BCUT2D eigenvalue weighted by molar-refractivity contribution is 0.573. The Balaban J connectivity index is 0.00000264. The second kappa shape index (κ2) is 10.2. The number of hydrogen-bond donors (Lipinski definition) is 2. The van der Waals surface area contributed by atoms with Crippen molar-refractivity contribution in [2.75, 3.05) is 13.6 Å². The Morgan fingerprint density at radius 2 is 1.96 bits per heavy atom. The molecule has 0 aliphatic heterocycles. The van der Waals surface area contributed by atoms with Crippen LogP contribution in [0.3, 0.4) is 0 Å². The summed E-state index contributed by atoms with van der Waals surface area (Å²) >= 11 is 0. The van der Waals surface area contributed by atoms with Crippen LogP contribution in [0.5, 0.6) is 0 Å². The molecule has 1 aromatic carbocycles. The third-order valence-corrected chi connectivity index (χ3v) is 3.32. The second-order valence-corrected chi connectivity index (χ2v) is 5.54. The van der Waals surface area contributed by atoms with E-state index in [1.165, 1.54) is 11.9 Å². The van der Waals surface area contributed by atoms with E-state index in [0.29, 0.717) is 5.92 Å².